The SMILES string of the molecule is CC(=O)C(Sc1nn(CCOc2ccc(C)cc2)c(=S)s1)C(C)=O. The first-order valence-electron chi connectivity index (χ1n) is 7.32. The van der Waals surface area contributed by atoms with Gasteiger partial charge in [0.15, 0.2) is 19.9 Å². The van der Waals surface area contributed by atoms with Crippen LogP contribution in [0, 0.1) is 10.9 Å². The Morgan fingerprint density at radius 1 is 1.29 bits per heavy atom. The van der Waals surface area contributed by atoms with Crippen molar-refractivity contribution in [2.75, 3.05) is 6.61 Å². The van der Waals surface area contributed by atoms with Gasteiger partial charge in [-0.1, -0.05) is 40.8 Å². The minimum absolute atomic E-state index is 0.178. The summed E-state index contributed by atoms with van der Waals surface area (Å²) in [7, 11) is 0. The van der Waals surface area contributed by atoms with Gasteiger partial charge in [-0.05, 0) is 45.1 Å². The molecule has 0 atom stereocenters. The maximum absolute atomic E-state index is 11.5. The third-order valence-electron chi connectivity index (χ3n) is 3.14. The quantitative estimate of drug-likeness (QED) is 0.394. The first-order chi connectivity index (χ1) is 11.4. The van der Waals surface area contributed by atoms with E-state index >= 15 is 0 Å². The number of aryl methyl sites for hydroxylation is 1. The summed E-state index contributed by atoms with van der Waals surface area (Å²) >= 11 is 7.73. The molecule has 0 aliphatic heterocycles. The lowest BCUT2D eigenvalue weighted by molar-refractivity contribution is -0.123. The fraction of sp³-hybridized carbons (Fsp3) is 0.375. The number of ketones is 2. The zero-order valence-electron chi connectivity index (χ0n) is 13.6. The normalized spacial score (nSPS) is 10.8. The lowest BCUT2D eigenvalue weighted by Crippen LogP contribution is -2.22. The van der Waals surface area contributed by atoms with Crippen molar-refractivity contribution in [2.24, 2.45) is 0 Å². The number of hydrogen-bond acceptors (Lipinski definition) is 7. The van der Waals surface area contributed by atoms with E-state index in [1.807, 2.05) is 31.2 Å². The number of nitrogens with zero attached hydrogens (tertiary/aromatic N) is 2. The molecule has 0 aliphatic carbocycles. The van der Waals surface area contributed by atoms with Crippen molar-refractivity contribution in [3.05, 3.63) is 33.8 Å². The molecule has 1 heterocycles. The molecule has 8 heteroatoms. The molecule has 1 aromatic heterocycles. The Balaban J connectivity index is 1.96. The molecule has 0 amide bonds. The van der Waals surface area contributed by atoms with E-state index in [0.29, 0.717) is 21.4 Å². The molecule has 0 saturated carbocycles. The van der Waals surface area contributed by atoms with E-state index < -0.39 is 5.25 Å². The van der Waals surface area contributed by atoms with Crippen LogP contribution in [0.1, 0.15) is 19.4 Å². The van der Waals surface area contributed by atoms with E-state index in [4.69, 9.17) is 17.0 Å². The van der Waals surface area contributed by atoms with Crippen LogP contribution in [0.3, 0.4) is 0 Å². The minimum Gasteiger partial charge on any atom is -0.492 e. The molecular formula is C16H18N2O3S3. The molecule has 0 aliphatic rings. The lowest BCUT2D eigenvalue weighted by Gasteiger charge is -2.07. The molecule has 0 N–H and O–H groups in total. The molecular weight excluding hydrogens is 364 g/mol. The van der Waals surface area contributed by atoms with Gasteiger partial charge in [-0.15, -0.1) is 0 Å². The summed E-state index contributed by atoms with van der Waals surface area (Å²) in [5, 5.41) is 3.65. The molecule has 0 bridgehead atoms. The second-order valence-corrected chi connectivity index (χ2v) is 8.21. The number of benzene rings is 1. The van der Waals surface area contributed by atoms with E-state index in [1.165, 1.54) is 30.7 Å². The average molecular weight is 383 g/mol. The van der Waals surface area contributed by atoms with Crippen LogP contribution < -0.4 is 4.74 Å². The topological polar surface area (TPSA) is 61.2 Å². The predicted molar refractivity (Wildman–Crippen MR) is 98.6 cm³/mol. The van der Waals surface area contributed by atoms with E-state index in [-0.39, 0.29) is 11.6 Å². The Morgan fingerprint density at radius 3 is 2.50 bits per heavy atom. The number of thioether (sulfide) groups is 1. The van der Waals surface area contributed by atoms with Gasteiger partial charge in [0.05, 0.1) is 6.54 Å². The van der Waals surface area contributed by atoms with Crippen LogP contribution in [0.5, 0.6) is 5.75 Å². The summed E-state index contributed by atoms with van der Waals surface area (Å²) in [5.74, 6) is 0.441. The summed E-state index contributed by atoms with van der Waals surface area (Å²) in [6.45, 7) is 5.78. The van der Waals surface area contributed by atoms with Crippen LogP contribution in [0.25, 0.3) is 0 Å². The lowest BCUT2D eigenvalue weighted by atomic mass is 10.2. The molecule has 2 aromatic rings. The van der Waals surface area contributed by atoms with Gasteiger partial charge in [0, 0.05) is 0 Å². The van der Waals surface area contributed by atoms with Crippen LogP contribution in [-0.2, 0) is 16.1 Å². The highest BCUT2D eigenvalue weighted by Crippen LogP contribution is 2.27. The number of hydrogen-bond donors (Lipinski definition) is 0. The summed E-state index contributed by atoms with van der Waals surface area (Å²) in [4.78, 5) is 23.0. The summed E-state index contributed by atoms with van der Waals surface area (Å²) in [6, 6.07) is 7.81. The number of carbonyl (C=O) groups excluding carboxylic acids is 2. The van der Waals surface area contributed by atoms with Gasteiger partial charge in [0.1, 0.15) is 17.6 Å². The van der Waals surface area contributed by atoms with Crippen molar-refractivity contribution in [1.29, 1.82) is 0 Å². The number of aromatic nitrogens is 2. The van der Waals surface area contributed by atoms with E-state index in [0.717, 1.165) is 17.5 Å². The highest BCUT2D eigenvalue weighted by atomic mass is 32.2. The maximum atomic E-state index is 11.5. The monoisotopic (exact) mass is 382 g/mol. The van der Waals surface area contributed by atoms with E-state index in [9.17, 15) is 9.59 Å². The summed E-state index contributed by atoms with van der Waals surface area (Å²) < 4.78 is 8.54. The predicted octanol–water partition coefficient (Wildman–Crippen LogP) is 3.70. The fourth-order valence-corrected chi connectivity index (χ4v) is 4.36. The molecule has 0 unspecified atom stereocenters. The Labute approximate surface area is 154 Å². The van der Waals surface area contributed by atoms with Crippen LogP contribution in [0.2, 0.25) is 0 Å². The van der Waals surface area contributed by atoms with Crippen molar-refractivity contribution >= 4 is 46.9 Å². The van der Waals surface area contributed by atoms with E-state index in [2.05, 4.69) is 5.10 Å². The minimum atomic E-state index is -0.720. The molecule has 2 rings (SSSR count). The van der Waals surface area contributed by atoms with Gasteiger partial charge in [0.25, 0.3) is 0 Å². The standard InChI is InChI=1S/C16H18N2O3S3/c1-10-4-6-13(7-5-10)21-9-8-18-16(22)24-15(17-18)23-14(11(2)19)12(3)20/h4-7,14H,8-9H2,1-3H3. The van der Waals surface area contributed by atoms with Gasteiger partial charge in [-0.25, -0.2) is 4.68 Å². The second-order valence-electron chi connectivity index (χ2n) is 5.24. The molecule has 0 spiro atoms. The first-order valence-corrected chi connectivity index (χ1v) is 9.42. The zero-order chi connectivity index (χ0) is 17.7. The summed E-state index contributed by atoms with van der Waals surface area (Å²) in [5.41, 5.74) is 1.18. The zero-order valence-corrected chi connectivity index (χ0v) is 16.1. The second kappa shape index (κ2) is 8.55. The number of rotatable bonds is 8. The van der Waals surface area contributed by atoms with Crippen LogP contribution in [0.15, 0.2) is 28.6 Å². The van der Waals surface area contributed by atoms with E-state index in [1.54, 1.807) is 4.68 Å². The molecule has 0 saturated heterocycles. The van der Waals surface area contributed by atoms with Crippen molar-refractivity contribution in [1.82, 2.24) is 9.78 Å². The highest BCUT2D eigenvalue weighted by Gasteiger charge is 2.22. The average Bonchev–Trinajstić information content (AvgIpc) is 2.86. The van der Waals surface area contributed by atoms with Crippen LogP contribution >= 0.6 is 35.3 Å². The van der Waals surface area contributed by atoms with Gasteiger partial charge in [0.2, 0.25) is 0 Å². The molecule has 5 nitrogen and oxygen atoms in total. The Hall–Kier alpha value is -1.51. The fourth-order valence-electron chi connectivity index (χ4n) is 1.91. The maximum Gasteiger partial charge on any atom is 0.180 e. The Kier molecular flexibility index (Phi) is 6.70. The number of carbonyl (C=O) groups is 2. The van der Waals surface area contributed by atoms with Crippen LogP contribution in [0.4, 0.5) is 0 Å². The van der Waals surface area contributed by atoms with Crippen LogP contribution in [-0.4, -0.2) is 33.2 Å². The first kappa shape index (κ1) is 18.8. The van der Waals surface area contributed by atoms with Gasteiger partial charge in [-0.2, -0.15) is 5.10 Å². The number of ether oxygens (including phenoxy) is 1. The largest absolute Gasteiger partial charge is 0.492 e. The highest BCUT2D eigenvalue weighted by molar-refractivity contribution is 8.03. The number of Topliss-reactive ketones (excluding diaryl/α,β-unsaturated/α-hetero) is 2. The van der Waals surface area contributed by atoms with Crippen molar-refractivity contribution < 1.29 is 14.3 Å². The molecule has 1 aromatic carbocycles. The van der Waals surface area contributed by atoms with Gasteiger partial charge in [-0.3, -0.25) is 9.59 Å². The third kappa shape index (κ3) is 5.25. The molecule has 0 fully saturated rings. The van der Waals surface area contributed by atoms with Crippen molar-refractivity contribution in [3.8, 4) is 5.75 Å². The molecule has 128 valence electrons. The van der Waals surface area contributed by atoms with Gasteiger partial charge >= 0.3 is 0 Å². The molecule has 24 heavy (non-hydrogen) atoms. The Morgan fingerprint density at radius 2 is 1.92 bits per heavy atom. The van der Waals surface area contributed by atoms with Crippen molar-refractivity contribution in [2.45, 2.75) is 36.9 Å². The van der Waals surface area contributed by atoms with Gasteiger partial charge < -0.3 is 4.74 Å². The summed E-state index contributed by atoms with van der Waals surface area (Å²) in [6.07, 6.45) is 0. The molecule has 0 radical (unpaired) electrons. The smallest absolute Gasteiger partial charge is 0.180 e. The van der Waals surface area contributed by atoms with Crippen molar-refractivity contribution in [3.63, 3.8) is 0 Å². The third-order valence-corrected chi connectivity index (χ3v) is 5.96. The Bertz CT molecular complexity index is 767.